The molecule has 0 unspecified atom stereocenters. The summed E-state index contributed by atoms with van der Waals surface area (Å²) >= 11 is 1.28. The zero-order chi connectivity index (χ0) is 15.4. The summed E-state index contributed by atoms with van der Waals surface area (Å²) in [6.07, 6.45) is -0.373. The molecule has 1 aromatic carbocycles. The number of halogens is 2. The summed E-state index contributed by atoms with van der Waals surface area (Å²) in [5.41, 5.74) is 1.23. The number of rotatable bonds is 6. The molecule has 1 N–H and O–H groups in total. The van der Waals surface area contributed by atoms with E-state index in [2.05, 4.69) is 32.6 Å². The Hall–Kier alpha value is -2.35. The Balaban J connectivity index is 1.59. The van der Waals surface area contributed by atoms with Crippen molar-refractivity contribution in [1.82, 2.24) is 15.2 Å². The highest BCUT2D eigenvalue weighted by atomic mass is 32.1. The van der Waals surface area contributed by atoms with Gasteiger partial charge >= 0.3 is 6.43 Å². The third kappa shape index (κ3) is 3.45. The Morgan fingerprint density at radius 3 is 2.73 bits per heavy atom. The van der Waals surface area contributed by atoms with Gasteiger partial charge in [-0.15, -0.1) is 10.2 Å². The normalized spacial score (nSPS) is 11.0. The summed E-state index contributed by atoms with van der Waals surface area (Å²) in [6, 6.07) is 10.1. The van der Waals surface area contributed by atoms with Crippen LogP contribution in [0.1, 0.15) is 17.9 Å². The number of alkyl halides is 2. The first-order valence-electron chi connectivity index (χ1n) is 6.58. The Bertz CT molecular complexity index is 729. The van der Waals surface area contributed by atoms with Gasteiger partial charge in [0.2, 0.25) is 0 Å². The summed E-state index contributed by atoms with van der Waals surface area (Å²) in [4.78, 5) is 4.73. The largest absolute Gasteiger partial charge is 0.414 e. The van der Waals surface area contributed by atoms with Crippen molar-refractivity contribution >= 4 is 16.5 Å². The number of nitrogens with one attached hydrogen (secondary N) is 1. The van der Waals surface area contributed by atoms with Gasteiger partial charge in [-0.3, -0.25) is 0 Å². The molecule has 114 valence electrons. The van der Waals surface area contributed by atoms with Gasteiger partial charge in [-0.2, -0.15) is 8.78 Å². The van der Waals surface area contributed by atoms with Gasteiger partial charge in [-0.05, 0) is 12.0 Å². The maximum atomic E-state index is 12.4. The number of hydrogen-bond donors (Lipinski definition) is 1. The predicted molar refractivity (Wildman–Crippen MR) is 79.0 cm³/mol. The van der Waals surface area contributed by atoms with Crippen molar-refractivity contribution < 1.29 is 13.2 Å². The summed E-state index contributed by atoms with van der Waals surface area (Å²) in [7, 11) is 0. The minimum Gasteiger partial charge on any atom is -0.414 e. The third-order valence-electron chi connectivity index (χ3n) is 2.88. The van der Waals surface area contributed by atoms with E-state index < -0.39 is 12.3 Å². The lowest BCUT2D eigenvalue weighted by molar-refractivity contribution is 0.116. The number of aromatic nitrogens is 3. The van der Waals surface area contributed by atoms with Crippen LogP contribution in [0.2, 0.25) is 0 Å². The Morgan fingerprint density at radius 2 is 2.00 bits per heavy atom. The number of anilines is 1. The van der Waals surface area contributed by atoms with Crippen molar-refractivity contribution in [1.29, 1.82) is 0 Å². The molecule has 0 atom stereocenters. The summed E-state index contributed by atoms with van der Waals surface area (Å²) in [5, 5.41) is 10.8. The first-order chi connectivity index (χ1) is 10.7. The van der Waals surface area contributed by atoms with Crippen LogP contribution in [0.4, 0.5) is 13.9 Å². The zero-order valence-corrected chi connectivity index (χ0v) is 12.2. The molecular weight excluding hydrogens is 310 g/mol. The van der Waals surface area contributed by atoms with E-state index in [0.29, 0.717) is 10.0 Å². The highest BCUT2D eigenvalue weighted by Crippen LogP contribution is 2.29. The Morgan fingerprint density at radius 1 is 1.18 bits per heavy atom. The van der Waals surface area contributed by atoms with Crippen LogP contribution in [0.25, 0.3) is 10.8 Å². The summed E-state index contributed by atoms with van der Waals surface area (Å²) < 4.78 is 29.7. The van der Waals surface area contributed by atoms with E-state index in [1.807, 2.05) is 18.2 Å². The fourth-order valence-electron chi connectivity index (χ4n) is 1.84. The van der Waals surface area contributed by atoms with E-state index in [1.165, 1.54) is 23.1 Å². The van der Waals surface area contributed by atoms with Crippen molar-refractivity contribution in [2.24, 2.45) is 0 Å². The molecule has 0 radical (unpaired) electrons. The molecule has 5 nitrogen and oxygen atoms in total. The topological polar surface area (TPSA) is 63.8 Å². The smallest absolute Gasteiger partial charge is 0.314 e. The SMILES string of the molecule is FC(F)c1nnc(-c2cnc(NCCc3ccccc3)s2)o1. The van der Waals surface area contributed by atoms with Crippen LogP contribution in [0, 0.1) is 0 Å². The van der Waals surface area contributed by atoms with Crippen LogP contribution >= 0.6 is 11.3 Å². The molecule has 2 aromatic heterocycles. The van der Waals surface area contributed by atoms with E-state index in [-0.39, 0.29) is 5.89 Å². The highest BCUT2D eigenvalue weighted by Gasteiger charge is 2.18. The first kappa shape index (κ1) is 14.6. The second-order valence-electron chi connectivity index (χ2n) is 4.44. The Kier molecular flexibility index (Phi) is 4.38. The van der Waals surface area contributed by atoms with Gasteiger partial charge in [-0.1, -0.05) is 41.7 Å². The van der Waals surface area contributed by atoms with Crippen molar-refractivity contribution in [3.05, 3.63) is 48.0 Å². The maximum Gasteiger partial charge on any atom is 0.314 e. The molecule has 3 rings (SSSR count). The minimum absolute atomic E-state index is 0.0592. The van der Waals surface area contributed by atoms with Gasteiger partial charge in [0.1, 0.15) is 4.88 Å². The molecular formula is C14H12F2N4OS. The molecule has 3 aromatic rings. The molecule has 0 amide bonds. The van der Waals surface area contributed by atoms with Crippen LogP contribution < -0.4 is 5.32 Å². The fraction of sp³-hybridized carbons (Fsp3) is 0.214. The van der Waals surface area contributed by atoms with Crippen LogP contribution in [0.5, 0.6) is 0 Å². The molecule has 0 aliphatic carbocycles. The molecule has 0 fully saturated rings. The number of hydrogen-bond acceptors (Lipinski definition) is 6. The van der Waals surface area contributed by atoms with Crippen molar-refractivity contribution in [2.75, 3.05) is 11.9 Å². The van der Waals surface area contributed by atoms with E-state index >= 15 is 0 Å². The van der Waals surface area contributed by atoms with Gasteiger partial charge in [0.25, 0.3) is 11.8 Å². The van der Waals surface area contributed by atoms with Crippen LogP contribution in [-0.4, -0.2) is 21.7 Å². The van der Waals surface area contributed by atoms with Crippen molar-refractivity contribution in [3.63, 3.8) is 0 Å². The van der Waals surface area contributed by atoms with Gasteiger partial charge in [0.15, 0.2) is 5.13 Å². The lowest BCUT2D eigenvalue weighted by Crippen LogP contribution is -2.03. The number of benzene rings is 1. The summed E-state index contributed by atoms with van der Waals surface area (Å²) in [5.74, 6) is -0.620. The molecule has 0 bridgehead atoms. The molecule has 22 heavy (non-hydrogen) atoms. The fourth-order valence-corrected chi connectivity index (χ4v) is 2.60. The average Bonchev–Trinajstić information content (AvgIpc) is 3.17. The molecule has 0 saturated heterocycles. The third-order valence-corrected chi connectivity index (χ3v) is 3.82. The second kappa shape index (κ2) is 6.61. The highest BCUT2D eigenvalue weighted by molar-refractivity contribution is 7.18. The molecule has 0 aliphatic heterocycles. The number of thiazole rings is 1. The lowest BCUT2D eigenvalue weighted by Gasteiger charge is -2.02. The second-order valence-corrected chi connectivity index (χ2v) is 5.47. The molecule has 8 heteroatoms. The van der Waals surface area contributed by atoms with E-state index in [4.69, 9.17) is 4.42 Å². The molecule has 0 spiro atoms. The zero-order valence-electron chi connectivity index (χ0n) is 11.4. The van der Waals surface area contributed by atoms with E-state index in [9.17, 15) is 8.78 Å². The standard InChI is InChI=1S/C14H12F2N4OS/c15-11(16)13-20-19-12(21-13)10-8-18-14(22-10)17-7-6-9-4-2-1-3-5-9/h1-5,8,11H,6-7H2,(H,17,18). The van der Waals surface area contributed by atoms with Gasteiger partial charge in [0.05, 0.1) is 6.20 Å². The lowest BCUT2D eigenvalue weighted by atomic mass is 10.2. The molecule has 2 heterocycles. The van der Waals surface area contributed by atoms with E-state index in [0.717, 1.165) is 13.0 Å². The quantitative estimate of drug-likeness (QED) is 0.748. The average molecular weight is 322 g/mol. The van der Waals surface area contributed by atoms with Gasteiger partial charge in [-0.25, -0.2) is 4.98 Å². The van der Waals surface area contributed by atoms with E-state index in [1.54, 1.807) is 0 Å². The van der Waals surface area contributed by atoms with Gasteiger partial charge in [0, 0.05) is 6.54 Å². The first-order valence-corrected chi connectivity index (χ1v) is 7.39. The van der Waals surface area contributed by atoms with Gasteiger partial charge < -0.3 is 9.73 Å². The Labute approximate surface area is 129 Å². The minimum atomic E-state index is -2.77. The summed E-state index contributed by atoms with van der Waals surface area (Å²) in [6.45, 7) is 0.725. The van der Waals surface area contributed by atoms with Crippen LogP contribution in [0.3, 0.4) is 0 Å². The monoisotopic (exact) mass is 322 g/mol. The van der Waals surface area contributed by atoms with Crippen molar-refractivity contribution in [3.8, 4) is 10.8 Å². The van der Waals surface area contributed by atoms with Crippen LogP contribution in [0.15, 0.2) is 40.9 Å². The molecule has 0 aliphatic rings. The predicted octanol–water partition coefficient (Wildman–Crippen LogP) is 3.79. The molecule has 0 saturated carbocycles. The van der Waals surface area contributed by atoms with Crippen molar-refractivity contribution in [2.45, 2.75) is 12.8 Å². The maximum absolute atomic E-state index is 12.4. The number of nitrogens with zero attached hydrogens (tertiary/aromatic N) is 3. The van der Waals surface area contributed by atoms with Crippen LogP contribution in [-0.2, 0) is 6.42 Å².